The van der Waals surface area contributed by atoms with Gasteiger partial charge in [-0.15, -0.1) is 11.3 Å². The van der Waals surface area contributed by atoms with Crippen molar-refractivity contribution in [3.8, 4) is 10.6 Å². The Balaban J connectivity index is 2.41. The van der Waals surface area contributed by atoms with Gasteiger partial charge < -0.3 is 0 Å². The zero-order valence-electron chi connectivity index (χ0n) is 7.07. The van der Waals surface area contributed by atoms with E-state index >= 15 is 0 Å². The Kier molecular flexibility index (Phi) is 2.76. The Morgan fingerprint density at radius 1 is 1.50 bits per heavy atom. The van der Waals surface area contributed by atoms with Gasteiger partial charge in [0, 0.05) is 16.0 Å². The first kappa shape index (κ1) is 9.57. The number of anilines is 1. The molecule has 72 valence electrons. The second kappa shape index (κ2) is 4.04. The van der Waals surface area contributed by atoms with Gasteiger partial charge in [-0.3, -0.25) is 5.43 Å². The topological polar surface area (TPSA) is 63.8 Å². The van der Waals surface area contributed by atoms with Gasteiger partial charge in [-0.1, -0.05) is 0 Å². The molecule has 0 atom stereocenters. The number of hydrogen-bond donors (Lipinski definition) is 2. The van der Waals surface area contributed by atoms with E-state index in [1.54, 1.807) is 17.5 Å². The summed E-state index contributed by atoms with van der Waals surface area (Å²) in [6.07, 6.45) is 1.67. The highest BCUT2D eigenvalue weighted by Gasteiger charge is 2.03. The lowest BCUT2D eigenvalue weighted by molar-refractivity contribution is 1.12. The Labute approximate surface area is 93.3 Å². The number of nitrogen functional groups attached to an aromatic ring is 1. The molecule has 0 aliphatic rings. The number of nitrogens with two attached hydrogens (primary N) is 1. The summed E-state index contributed by atoms with van der Waals surface area (Å²) in [5, 5.41) is 2.01. The molecule has 4 nitrogen and oxygen atoms in total. The van der Waals surface area contributed by atoms with E-state index in [9.17, 15) is 0 Å². The fourth-order valence-electron chi connectivity index (χ4n) is 1.01. The van der Waals surface area contributed by atoms with Gasteiger partial charge in [0.05, 0.1) is 10.6 Å². The lowest BCUT2D eigenvalue weighted by Gasteiger charge is -1.99. The third kappa shape index (κ3) is 1.92. The van der Waals surface area contributed by atoms with Crippen LogP contribution in [0.2, 0.25) is 0 Å². The van der Waals surface area contributed by atoms with Crippen LogP contribution in [-0.4, -0.2) is 9.97 Å². The molecule has 0 saturated carbocycles. The minimum absolute atomic E-state index is 0.423. The molecule has 0 aliphatic heterocycles. The summed E-state index contributed by atoms with van der Waals surface area (Å²) in [6, 6.07) is 3.85. The lowest BCUT2D eigenvalue weighted by Crippen LogP contribution is -2.10. The van der Waals surface area contributed by atoms with Gasteiger partial charge in [0.25, 0.3) is 0 Å². The predicted octanol–water partition coefficient (Wildman–Crippen LogP) is 2.25. The largest absolute Gasteiger partial charge is 0.292 e. The van der Waals surface area contributed by atoms with Crippen LogP contribution in [0, 0.1) is 0 Å². The molecular formula is C8H7BrN4S. The Hall–Kier alpha value is -0.980. The number of thiophene rings is 1. The van der Waals surface area contributed by atoms with Gasteiger partial charge in [-0.2, -0.15) is 0 Å². The number of halogens is 1. The smallest absolute Gasteiger partial charge is 0.237 e. The van der Waals surface area contributed by atoms with Gasteiger partial charge in [0.15, 0.2) is 0 Å². The van der Waals surface area contributed by atoms with Crippen LogP contribution in [0.15, 0.2) is 28.2 Å². The minimum atomic E-state index is 0.423. The van der Waals surface area contributed by atoms with Gasteiger partial charge >= 0.3 is 0 Å². The molecule has 0 saturated heterocycles. The molecule has 0 aromatic carbocycles. The summed E-state index contributed by atoms with van der Waals surface area (Å²) in [5.41, 5.74) is 3.28. The maximum absolute atomic E-state index is 5.22. The highest BCUT2D eigenvalue weighted by Crippen LogP contribution is 2.28. The van der Waals surface area contributed by atoms with Crippen molar-refractivity contribution in [1.82, 2.24) is 9.97 Å². The molecule has 0 aliphatic carbocycles. The second-order valence-corrected chi connectivity index (χ2v) is 4.37. The van der Waals surface area contributed by atoms with Crippen LogP contribution in [0.1, 0.15) is 0 Å². The molecule has 0 fully saturated rings. The number of nitrogens with zero attached hydrogens (tertiary/aromatic N) is 2. The molecule has 0 radical (unpaired) electrons. The van der Waals surface area contributed by atoms with Gasteiger partial charge in [0.2, 0.25) is 5.95 Å². The summed E-state index contributed by atoms with van der Waals surface area (Å²) in [6.45, 7) is 0. The standard InChI is InChI=1S/C8H7BrN4S/c9-5-3-7(14-4-5)6-1-2-11-8(12-6)13-10/h1-4H,10H2,(H,11,12,13). The maximum Gasteiger partial charge on any atom is 0.237 e. The first-order valence-electron chi connectivity index (χ1n) is 3.83. The van der Waals surface area contributed by atoms with Crippen molar-refractivity contribution in [2.45, 2.75) is 0 Å². The van der Waals surface area contributed by atoms with E-state index < -0.39 is 0 Å². The monoisotopic (exact) mass is 270 g/mol. The Morgan fingerprint density at radius 3 is 3.00 bits per heavy atom. The molecule has 14 heavy (non-hydrogen) atoms. The van der Waals surface area contributed by atoms with Crippen molar-refractivity contribution < 1.29 is 0 Å². The van der Waals surface area contributed by atoms with Crippen molar-refractivity contribution in [3.05, 3.63) is 28.2 Å². The van der Waals surface area contributed by atoms with Crippen molar-refractivity contribution in [1.29, 1.82) is 0 Å². The summed E-state index contributed by atoms with van der Waals surface area (Å²) < 4.78 is 1.05. The van der Waals surface area contributed by atoms with Crippen molar-refractivity contribution >= 4 is 33.2 Å². The first-order chi connectivity index (χ1) is 6.79. The third-order valence-corrected chi connectivity index (χ3v) is 3.32. The zero-order valence-corrected chi connectivity index (χ0v) is 9.47. The van der Waals surface area contributed by atoms with E-state index in [1.807, 2.05) is 17.5 Å². The van der Waals surface area contributed by atoms with Crippen LogP contribution in [0.5, 0.6) is 0 Å². The number of hydrazine groups is 1. The van der Waals surface area contributed by atoms with E-state index in [4.69, 9.17) is 5.84 Å². The van der Waals surface area contributed by atoms with E-state index in [-0.39, 0.29) is 0 Å². The van der Waals surface area contributed by atoms with Crippen LogP contribution >= 0.6 is 27.3 Å². The SMILES string of the molecule is NNc1nccc(-c2cc(Br)cs2)n1. The van der Waals surface area contributed by atoms with E-state index in [0.29, 0.717) is 5.95 Å². The van der Waals surface area contributed by atoms with Crippen molar-refractivity contribution in [3.63, 3.8) is 0 Å². The zero-order chi connectivity index (χ0) is 9.97. The number of hydrogen-bond acceptors (Lipinski definition) is 5. The number of aromatic nitrogens is 2. The van der Waals surface area contributed by atoms with Gasteiger partial charge in [0.1, 0.15) is 0 Å². The Morgan fingerprint density at radius 2 is 2.36 bits per heavy atom. The quantitative estimate of drug-likeness (QED) is 0.649. The van der Waals surface area contributed by atoms with Gasteiger partial charge in [-0.05, 0) is 28.1 Å². The summed E-state index contributed by atoms with van der Waals surface area (Å²) in [5.74, 6) is 5.64. The third-order valence-electron chi connectivity index (χ3n) is 1.60. The molecule has 0 spiro atoms. The summed E-state index contributed by atoms with van der Waals surface area (Å²) in [4.78, 5) is 9.23. The van der Waals surface area contributed by atoms with Crippen LogP contribution in [0.25, 0.3) is 10.6 Å². The van der Waals surface area contributed by atoms with E-state index in [2.05, 4.69) is 31.3 Å². The minimum Gasteiger partial charge on any atom is -0.292 e. The molecule has 6 heteroatoms. The average molecular weight is 271 g/mol. The summed E-state index contributed by atoms with van der Waals surface area (Å²) >= 11 is 5.01. The first-order valence-corrected chi connectivity index (χ1v) is 5.51. The summed E-state index contributed by atoms with van der Waals surface area (Å²) in [7, 11) is 0. The molecule has 0 unspecified atom stereocenters. The van der Waals surface area contributed by atoms with Crippen LogP contribution < -0.4 is 11.3 Å². The molecular weight excluding hydrogens is 264 g/mol. The van der Waals surface area contributed by atoms with Gasteiger partial charge in [-0.25, -0.2) is 15.8 Å². The number of nitrogens with one attached hydrogen (secondary N) is 1. The molecule has 3 N–H and O–H groups in total. The molecule has 2 aromatic rings. The van der Waals surface area contributed by atoms with Crippen molar-refractivity contribution in [2.75, 3.05) is 5.43 Å². The second-order valence-electron chi connectivity index (χ2n) is 2.54. The van der Waals surface area contributed by atoms with E-state index in [0.717, 1.165) is 15.0 Å². The Bertz CT molecular complexity index is 442. The fraction of sp³-hybridized carbons (Fsp3) is 0. The fourth-order valence-corrected chi connectivity index (χ4v) is 2.41. The molecule has 2 heterocycles. The highest BCUT2D eigenvalue weighted by atomic mass is 79.9. The molecule has 2 aromatic heterocycles. The van der Waals surface area contributed by atoms with E-state index in [1.165, 1.54) is 0 Å². The molecule has 0 bridgehead atoms. The van der Waals surface area contributed by atoms with Crippen LogP contribution in [-0.2, 0) is 0 Å². The highest BCUT2D eigenvalue weighted by molar-refractivity contribution is 9.10. The van der Waals surface area contributed by atoms with Crippen LogP contribution in [0.3, 0.4) is 0 Å². The predicted molar refractivity (Wildman–Crippen MR) is 60.9 cm³/mol. The molecule has 0 amide bonds. The molecule has 2 rings (SSSR count). The lowest BCUT2D eigenvalue weighted by atomic mass is 10.3. The van der Waals surface area contributed by atoms with Crippen LogP contribution in [0.4, 0.5) is 5.95 Å². The number of rotatable bonds is 2. The normalized spacial score (nSPS) is 10.1. The van der Waals surface area contributed by atoms with Crippen molar-refractivity contribution in [2.24, 2.45) is 5.84 Å². The maximum atomic E-state index is 5.22. The average Bonchev–Trinajstić information content (AvgIpc) is 2.65.